The van der Waals surface area contributed by atoms with Crippen molar-refractivity contribution in [3.05, 3.63) is 23.0 Å². The quantitative estimate of drug-likeness (QED) is 0.629. The zero-order valence-electron chi connectivity index (χ0n) is 9.44. The Morgan fingerprint density at radius 3 is 2.25 bits per heavy atom. The Morgan fingerprint density at radius 1 is 1.25 bits per heavy atom. The van der Waals surface area contributed by atoms with Crippen LogP contribution in [0.5, 0.6) is 5.75 Å². The third-order valence-electron chi connectivity index (χ3n) is 2.02. The van der Waals surface area contributed by atoms with E-state index in [4.69, 9.17) is 16.9 Å². The molecule has 0 amide bonds. The number of alkyl halides is 7. The van der Waals surface area contributed by atoms with Crippen LogP contribution in [0.4, 0.5) is 26.3 Å². The van der Waals surface area contributed by atoms with Crippen molar-refractivity contribution in [1.82, 2.24) is 4.98 Å². The standard InChI is InChI=1S/C10H5ClF6N2O/c11-4-5-3-7(9(12,13)14)19-6(1-2-18)8(5)20-10(15,16)17/h3H,1,4H2. The largest absolute Gasteiger partial charge is 0.573 e. The molecule has 0 spiro atoms. The van der Waals surface area contributed by atoms with E-state index >= 15 is 0 Å². The number of pyridine rings is 1. The van der Waals surface area contributed by atoms with Gasteiger partial charge in [0, 0.05) is 5.56 Å². The highest BCUT2D eigenvalue weighted by molar-refractivity contribution is 6.17. The van der Waals surface area contributed by atoms with Crippen LogP contribution < -0.4 is 4.74 Å². The van der Waals surface area contributed by atoms with Crippen LogP contribution in [-0.2, 0) is 18.5 Å². The normalized spacial score (nSPS) is 12.1. The van der Waals surface area contributed by atoms with Crippen molar-refractivity contribution in [1.29, 1.82) is 5.26 Å². The molecular formula is C10H5ClF6N2O. The molecule has 0 aliphatic carbocycles. The minimum absolute atomic E-state index is 0.356. The summed E-state index contributed by atoms with van der Waals surface area (Å²) in [5.74, 6) is -1.63. The van der Waals surface area contributed by atoms with E-state index in [-0.39, 0.29) is 0 Å². The van der Waals surface area contributed by atoms with E-state index in [0.29, 0.717) is 6.07 Å². The van der Waals surface area contributed by atoms with Gasteiger partial charge in [-0.25, -0.2) is 4.98 Å². The summed E-state index contributed by atoms with van der Waals surface area (Å²) in [7, 11) is 0. The van der Waals surface area contributed by atoms with Gasteiger partial charge in [-0.3, -0.25) is 0 Å². The van der Waals surface area contributed by atoms with Gasteiger partial charge in [-0.2, -0.15) is 18.4 Å². The predicted molar refractivity (Wildman–Crippen MR) is 54.8 cm³/mol. The highest BCUT2D eigenvalue weighted by atomic mass is 35.5. The first-order valence-electron chi connectivity index (χ1n) is 4.87. The van der Waals surface area contributed by atoms with E-state index in [1.165, 1.54) is 6.07 Å². The van der Waals surface area contributed by atoms with Crippen LogP contribution >= 0.6 is 11.6 Å². The van der Waals surface area contributed by atoms with E-state index in [0.717, 1.165) is 0 Å². The monoisotopic (exact) mass is 318 g/mol. The Labute approximate surface area is 113 Å². The van der Waals surface area contributed by atoms with Crippen molar-refractivity contribution in [3.8, 4) is 11.8 Å². The summed E-state index contributed by atoms with van der Waals surface area (Å²) in [6.45, 7) is 0. The summed E-state index contributed by atoms with van der Waals surface area (Å²) in [5.41, 5.74) is -2.75. The molecule has 1 aromatic heterocycles. The lowest BCUT2D eigenvalue weighted by atomic mass is 10.1. The van der Waals surface area contributed by atoms with Crippen LogP contribution in [-0.4, -0.2) is 11.3 Å². The Kier molecular flexibility index (Phi) is 4.70. The number of ether oxygens (including phenoxy) is 1. The first-order valence-corrected chi connectivity index (χ1v) is 5.40. The molecule has 1 aromatic rings. The Morgan fingerprint density at radius 2 is 1.85 bits per heavy atom. The average molecular weight is 319 g/mol. The number of rotatable bonds is 3. The molecule has 0 saturated heterocycles. The van der Waals surface area contributed by atoms with E-state index in [9.17, 15) is 26.3 Å². The lowest BCUT2D eigenvalue weighted by Crippen LogP contribution is -2.21. The zero-order chi connectivity index (χ0) is 15.6. The van der Waals surface area contributed by atoms with Crippen LogP contribution in [0.2, 0.25) is 0 Å². The van der Waals surface area contributed by atoms with Crippen LogP contribution in [0.15, 0.2) is 6.07 Å². The molecule has 0 saturated carbocycles. The fourth-order valence-electron chi connectivity index (χ4n) is 1.32. The van der Waals surface area contributed by atoms with Gasteiger partial charge >= 0.3 is 12.5 Å². The van der Waals surface area contributed by atoms with Crippen molar-refractivity contribution in [2.24, 2.45) is 0 Å². The minimum Gasteiger partial charge on any atom is -0.403 e. The van der Waals surface area contributed by atoms with Crippen LogP contribution in [0.3, 0.4) is 0 Å². The van der Waals surface area contributed by atoms with Gasteiger partial charge in [0.15, 0.2) is 5.75 Å². The lowest BCUT2D eigenvalue weighted by molar-refractivity contribution is -0.275. The third-order valence-corrected chi connectivity index (χ3v) is 2.31. The topological polar surface area (TPSA) is 45.9 Å². The van der Waals surface area contributed by atoms with Crippen molar-refractivity contribution in [2.75, 3.05) is 0 Å². The Bertz CT molecular complexity index is 534. The minimum atomic E-state index is -5.13. The van der Waals surface area contributed by atoms with Gasteiger partial charge in [-0.05, 0) is 6.07 Å². The van der Waals surface area contributed by atoms with Crippen molar-refractivity contribution in [2.45, 2.75) is 24.8 Å². The fourth-order valence-corrected chi connectivity index (χ4v) is 1.52. The Hall–Kier alpha value is -1.69. The summed E-state index contributed by atoms with van der Waals surface area (Å²) in [5, 5.41) is 8.46. The van der Waals surface area contributed by atoms with Gasteiger partial charge in [0.1, 0.15) is 5.69 Å². The van der Waals surface area contributed by atoms with Gasteiger partial charge in [-0.15, -0.1) is 24.8 Å². The van der Waals surface area contributed by atoms with Gasteiger partial charge in [0.25, 0.3) is 0 Å². The van der Waals surface area contributed by atoms with Crippen LogP contribution in [0.25, 0.3) is 0 Å². The molecule has 0 aliphatic heterocycles. The molecule has 1 rings (SSSR count). The summed E-state index contributed by atoms with van der Waals surface area (Å²) >= 11 is 5.33. The third kappa shape index (κ3) is 4.16. The van der Waals surface area contributed by atoms with Crippen molar-refractivity contribution < 1.29 is 31.1 Å². The molecule has 10 heteroatoms. The van der Waals surface area contributed by atoms with Gasteiger partial charge in [0.05, 0.1) is 24.1 Å². The average Bonchev–Trinajstić information content (AvgIpc) is 2.28. The molecule has 0 bridgehead atoms. The van der Waals surface area contributed by atoms with Gasteiger partial charge in [-0.1, -0.05) is 0 Å². The molecule has 1 heterocycles. The predicted octanol–water partition coefficient (Wildman–Crippen LogP) is 3.80. The molecule has 110 valence electrons. The number of aromatic nitrogens is 1. The highest BCUT2D eigenvalue weighted by Gasteiger charge is 2.37. The first kappa shape index (κ1) is 16.4. The first-order chi connectivity index (χ1) is 9.08. The molecule has 0 radical (unpaired) electrons. The maximum absolute atomic E-state index is 12.5. The molecule has 0 atom stereocenters. The van der Waals surface area contributed by atoms with Gasteiger partial charge < -0.3 is 4.74 Å². The molecule has 0 fully saturated rings. The summed E-state index contributed by atoms with van der Waals surface area (Å²) in [4.78, 5) is 3.00. The van der Waals surface area contributed by atoms with Gasteiger partial charge in [0.2, 0.25) is 0 Å². The lowest BCUT2D eigenvalue weighted by Gasteiger charge is -2.16. The maximum Gasteiger partial charge on any atom is 0.573 e. The molecule has 0 N–H and O–H groups in total. The molecule has 0 aromatic carbocycles. The van der Waals surface area contributed by atoms with Crippen molar-refractivity contribution in [3.63, 3.8) is 0 Å². The number of hydrogen-bond donors (Lipinski definition) is 0. The number of nitrogens with zero attached hydrogens (tertiary/aromatic N) is 2. The molecular weight excluding hydrogens is 314 g/mol. The molecule has 0 unspecified atom stereocenters. The molecule has 20 heavy (non-hydrogen) atoms. The van der Waals surface area contributed by atoms with Crippen molar-refractivity contribution >= 4 is 11.6 Å². The van der Waals surface area contributed by atoms with E-state index < -0.39 is 47.5 Å². The molecule has 3 nitrogen and oxygen atoms in total. The SMILES string of the molecule is N#CCc1nc(C(F)(F)F)cc(CCl)c1OC(F)(F)F. The second-order valence-electron chi connectivity index (χ2n) is 3.46. The summed E-state index contributed by atoms with van der Waals surface area (Å²) in [6, 6.07) is 1.78. The zero-order valence-corrected chi connectivity index (χ0v) is 10.2. The smallest absolute Gasteiger partial charge is 0.403 e. The number of nitriles is 1. The second kappa shape index (κ2) is 5.75. The molecule has 0 aliphatic rings. The summed E-state index contributed by atoms with van der Waals surface area (Å²) in [6.07, 6.45) is -10.8. The Balaban J connectivity index is 3.45. The summed E-state index contributed by atoms with van der Waals surface area (Å²) < 4.78 is 77.9. The van der Waals surface area contributed by atoms with E-state index in [1.54, 1.807) is 0 Å². The highest BCUT2D eigenvalue weighted by Crippen LogP contribution is 2.36. The number of halogens is 7. The van der Waals surface area contributed by atoms with E-state index in [1.807, 2.05) is 0 Å². The van der Waals surface area contributed by atoms with Crippen LogP contribution in [0, 0.1) is 11.3 Å². The second-order valence-corrected chi connectivity index (χ2v) is 3.72. The fraction of sp³-hybridized carbons (Fsp3) is 0.400. The van der Waals surface area contributed by atoms with Crippen LogP contribution in [0.1, 0.15) is 17.0 Å². The maximum atomic E-state index is 12.5. The number of hydrogen-bond acceptors (Lipinski definition) is 3. The van der Waals surface area contributed by atoms with E-state index in [2.05, 4.69) is 9.72 Å².